The zero-order valence-electron chi connectivity index (χ0n) is 9.78. The van der Waals surface area contributed by atoms with Crippen LogP contribution in [-0.4, -0.2) is 44.6 Å². The quantitative estimate of drug-likeness (QED) is 0.732. The van der Waals surface area contributed by atoms with Crippen molar-refractivity contribution in [1.82, 2.24) is 24.7 Å². The third-order valence-electron chi connectivity index (χ3n) is 1.95. The molecule has 2 aromatic rings. The van der Waals surface area contributed by atoms with Gasteiger partial charge in [0, 0.05) is 19.0 Å². The van der Waals surface area contributed by atoms with Gasteiger partial charge in [0.25, 0.3) is 5.95 Å². The lowest BCUT2D eigenvalue weighted by atomic mass is 10.7. The van der Waals surface area contributed by atoms with E-state index in [0.29, 0.717) is 25.8 Å². The standard InChI is InChI=1S/C10H12ClN5O2/c1-2-17-6-7-18-10-14-8(11)13-9(15-10)16-5-3-4-12-16/h3-5H,2,6-7H2,1H3. The highest BCUT2D eigenvalue weighted by Crippen LogP contribution is 2.10. The summed E-state index contributed by atoms with van der Waals surface area (Å²) in [6.07, 6.45) is 3.32. The van der Waals surface area contributed by atoms with Crippen LogP contribution in [0, 0.1) is 0 Å². The van der Waals surface area contributed by atoms with Gasteiger partial charge in [0.15, 0.2) is 0 Å². The van der Waals surface area contributed by atoms with Crippen LogP contribution in [0.5, 0.6) is 6.01 Å². The van der Waals surface area contributed by atoms with Gasteiger partial charge in [-0.25, -0.2) is 4.68 Å². The van der Waals surface area contributed by atoms with Gasteiger partial charge in [-0.2, -0.15) is 20.1 Å². The summed E-state index contributed by atoms with van der Waals surface area (Å²) in [5.74, 6) is 0.311. The van der Waals surface area contributed by atoms with Gasteiger partial charge >= 0.3 is 6.01 Å². The predicted molar refractivity (Wildman–Crippen MR) is 63.9 cm³/mol. The van der Waals surface area contributed by atoms with Crippen molar-refractivity contribution in [2.75, 3.05) is 19.8 Å². The van der Waals surface area contributed by atoms with Crippen LogP contribution in [-0.2, 0) is 4.74 Å². The van der Waals surface area contributed by atoms with Crippen molar-refractivity contribution in [1.29, 1.82) is 0 Å². The number of aromatic nitrogens is 5. The van der Waals surface area contributed by atoms with Gasteiger partial charge in [-0.05, 0) is 24.6 Å². The third-order valence-corrected chi connectivity index (χ3v) is 2.12. The number of halogens is 1. The van der Waals surface area contributed by atoms with Crippen LogP contribution in [0.15, 0.2) is 18.5 Å². The first-order chi connectivity index (χ1) is 8.79. The second-order valence-corrected chi connectivity index (χ2v) is 3.52. The molecule has 0 aliphatic heterocycles. The molecular formula is C10H12ClN5O2. The van der Waals surface area contributed by atoms with Crippen molar-refractivity contribution in [3.8, 4) is 12.0 Å². The maximum Gasteiger partial charge on any atom is 0.322 e. The molecule has 96 valence electrons. The highest BCUT2D eigenvalue weighted by molar-refractivity contribution is 6.28. The van der Waals surface area contributed by atoms with Crippen LogP contribution in [0.3, 0.4) is 0 Å². The molecule has 2 heterocycles. The average Bonchev–Trinajstić information content (AvgIpc) is 2.88. The first-order valence-electron chi connectivity index (χ1n) is 5.41. The van der Waals surface area contributed by atoms with Gasteiger partial charge in [-0.3, -0.25) is 0 Å². The third kappa shape index (κ3) is 3.38. The topological polar surface area (TPSA) is 75.0 Å². The zero-order valence-corrected chi connectivity index (χ0v) is 10.5. The largest absolute Gasteiger partial charge is 0.461 e. The van der Waals surface area contributed by atoms with E-state index in [-0.39, 0.29) is 11.3 Å². The summed E-state index contributed by atoms with van der Waals surface area (Å²) in [5.41, 5.74) is 0. The molecule has 0 bridgehead atoms. The summed E-state index contributed by atoms with van der Waals surface area (Å²) in [6.45, 7) is 3.37. The zero-order chi connectivity index (χ0) is 12.8. The molecule has 0 N–H and O–H groups in total. The van der Waals surface area contributed by atoms with Crippen molar-refractivity contribution in [3.05, 3.63) is 23.7 Å². The Balaban J connectivity index is 2.07. The second-order valence-electron chi connectivity index (χ2n) is 3.18. The lowest BCUT2D eigenvalue weighted by molar-refractivity contribution is 0.106. The van der Waals surface area contributed by atoms with Crippen molar-refractivity contribution in [3.63, 3.8) is 0 Å². The Morgan fingerprint density at radius 1 is 1.28 bits per heavy atom. The summed E-state index contributed by atoms with van der Waals surface area (Å²) >= 11 is 5.79. The van der Waals surface area contributed by atoms with E-state index in [1.165, 1.54) is 4.68 Å². The molecule has 0 saturated carbocycles. The molecule has 0 atom stereocenters. The highest BCUT2D eigenvalue weighted by Gasteiger charge is 2.07. The predicted octanol–water partition coefficient (Wildman–Crippen LogP) is 1.13. The summed E-state index contributed by atoms with van der Waals surface area (Å²) in [6, 6.07) is 1.91. The Kier molecular flexibility index (Phi) is 4.43. The van der Waals surface area contributed by atoms with E-state index in [1.54, 1.807) is 18.5 Å². The summed E-state index contributed by atoms with van der Waals surface area (Å²) in [5, 5.41) is 4.06. The minimum atomic E-state index is 0.0573. The molecule has 0 amide bonds. The van der Waals surface area contributed by atoms with Crippen LogP contribution in [0.25, 0.3) is 5.95 Å². The summed E-state index contributed by atoms with van der Waals surface area (Å²) in [4.78, 5) is 11.9. The van der Waals surface area contributed by atoms with E-state index >= 15 is 0 Å². The molecule has 0 aromatic carbocycles. The molecule has 0 spiro atoms. The molecule has 0 fully saturated rings. The highest BCUT2D eigenvalue weighted by atomic mass is 35.5. The lowest BCUT2D eigenvalue weighted by Gasteiger charge is -2.06. The van der Waals surface area contributed by atoms with E-state index < -0.39 is 0 Å². The SMILES string of the molecule is CCOCCOc1nc(Cl)nc(-n2cccn2)n1. The number of rotatable bonds is 6. The van der Waals surface area contributed by atoms with Crippen LogP contribution in [0.2, 0.25) is 5.28 Å². The Bertz CT molecular complexity index is 491. The Morgan fingerprint density at radius 2 is 2.17 bits per heavy atom. The van der Waals surface area contributed by atoms with E-state index in [4.69, 9.17) is 21.1 Å². The van der Waals surface area contributed by atoms with Crippen molar-refractivity contribution in [2.45, 2.75) is 6.92 Å². The molecule has 7 nitrogen and oxygen atoms in total. The van der Waals surface area contributed by atoms with Crippen molar-refractivity contribution < 1.29 is 9.47 Å². The molecule has 2 rings (SSSR count). The van der Waals surface area contributed by atoms with Gasteiger partial charge in [-0.15, -0.1) is 0 Å². The van der Waals surface area contributed by atoms with Crippen LogP contribution in [0.4, 0.5) is 0 Å². The normalized spacial score (nSPS) is 10.6. The monoisotopic (exact) mass is 269 g/mol. The fourth-order valence-corrected chi connectivity index (χ4v) is 1.36. The minimum Gasteiger partial charge on any atom is -0.461 e. The Morgan fingerprint density at radius 3 is 2.89 bits per heavy atom. The molecule has 0 unspecified atom stereocenters. The maximum atomic E-state index is 5.79. The van der Waals surface area contributed by atoms with E-state index in [9.17, 15) is 0 Å². The van der Waals surface area contributed by atoms with Gasteiger partial charge in [-0.1, -0.05) is 0 Å². The van der Waals surface area contributed by atoms with Crippen LogP contribution < -0.4 is 4.74 Å². The number of nitrogens with zero attached hydrogens (tertiary/aromatic N) is 5. The van der Waals surface area contributed by atoms with Crippen molar-refractivity contribution >= 4 is 11.6 Å². The molecule has 18 heavy (non-hydrogen) atoms. The van der Waals surface area contributed by atoms with Gasteiger partial charge in [0.1, 0.15) is 6.61 Å². The molecule has 0 radical (unpaired) electrons. The van der Waals surface area contributed by atoms with Gasteiger partial charge < -0.3 is 9.47 Å². The molecule has 8 heteroatoms. The second kappa shape index (κ2) is 6.27. The van der Waals surface area contributed by atoms with E-state index in [0.717, 1.165) is 0 Å². The first kappa shape index (κ1) is 12.7. The number of hydrogen-bond acceptors (Lipinski definition) is 6. The minimum absolute atomic E-state index is 0.0573. The van der Waals surface area contributed by atoms with Gasteiger partial charge in [0.05, 0.1) is 6.61 Å². The molecule has 0 aliphatic carbocycles. The molecule has 0 saturated heterocycles. The number of ether oxygens (including phenoxy) is 2. The fraction of sp³-hybridized carbons (Fsp3) is 0.400. The molecule has 0 aliphatic rings. The summed E-state index contributed by atoms with van der Waals surface area (Å²) < 4.78 is 11.9. The maximum absolute atomic E-state index is 5.79. The average molecular weight is 270 g/mol. The first-order valence-corrected chi connectivity index (χ1v) is 5.79. The Labute approximate surface area is 109 Å². The fourth-order valence-electron chi connectivity index (χ4n) is 1.21. The number of hydrogen-bond donors (Lipinski definition) is 0. The lowest BCUT2D eigenvalue weighted by Crippen LogP contribution is -2.11. The van der Waals surface area contributed by atoms with Crippen LogP contribution >= 0.6 is 11.6 Å². The van der Waals surface area contributed by atoms with Crippen molar-refractivity contribution in [2.24, 2.45) is 0 Å². The van der Waals surface area contributed by atoms with Gasteiger partial charge in [0.2, 0.25) is 5.28 Å². The van der Waals surface area contributed by atoms with Crippen LogP contribution in [0.1, 0.15) is 6.92 Å². The molecule has 2 aromatic heterocycles. The molecular weight excluding hydrogens is 258 g/mol. The van der Waals surface area contributed by atoms with E-state index in [1.807, 2.05) is 6.92 Å². The van der Waals surface area contributed by atoms with E-state index in [2.05, 4.69) is 20.1 Å². The Hall–Kier alpha value is -1.73. The smallest absolute Gasteiger partial charge is 0.322 e. The summed E-state index contributed by atoms with van der Waals surface area (Å²) in [7, 11) is 0.